The molecule has 1 aromatic rings. The van der Waals surface area contributed by atoms with Crippen molar-refractivity contribution in [2.24, 2.45) is 0 Å². The van der Waals surface area contributed by atoms with Gasteiger partial charge in [-0.15, -0.1) is 0 Å². The zero-order chi connectivity index (χ0) is 13.3. The van der Waals surface area contributed by atoms with Crippen LogP contribution in [0.4, 0.5) is 5.69 Å². The number of carbonyl (C=O) groups excluding carboxylic acids is 2. The van der Waals surface area contributed by atoms with Crippen molar-refractivity contribution in [2.75, 3.05) is 17.3 Å². The predicted octanol–water partition coefficient (Wildman–Crippen LogP) is 0.799. The highest BCUT2D eigenvalue weighted by Crippen LogP contribution is 2.23. The molecule has 6 heteroatoms. The molecule has 0 aliphatic carbocycles. The number of fused-ring (bicyclic) bond motifs is 1. The first-order valence-corrected chi connectivity index (χ1v) is 7.55. The van der Waals surface area contributed by atoms with Crippen LogP contribution in [-0.2, 0) is 21.1 Å². The standard InChI is InChI=1S/C12H13NO4S/c1-18(16,17)7-11(14)9-2-4-10-8(6-9)3-5-12(15)13-10/h2,4,6H,3,5,7H2,1H3,(H,13,15). The molecule has 0 saturated heterocycles. The summed E-state index contributed by atoms with van der Waals surface area (Å²) in [7, 11) is -3.32. The number of aryl methyl sites for hydroxylation is 1. The zero-order valence-electron chi connectivity index (χ0n) is 9.89. The summed E-state index contributed by atoms with van der Waals surface area (Å²) >= 11 is 0. The van der Waals surface area contributed by atoms with Crippen LogP contribution in [0.2, 0.25) is 0 Å². The van der Waals surface area contributed by atoms with Gasteiger partial charge in [0.15, 0.2) is 15.6 Å². The number of hydrogen-bond acceptors (Lipinski definition) is 4. The van der Waals surface area contributed by atoms with E-state index in [4.69, 9.17) is 0 Å². The zero-order valence-corrected chi connectivity index (χ0v) is 10.7. The first-order chi connectivity index (χ1) is 8.35. The van der Waals surface area contributed by atoms with E-state index in [0.717, 1.165) is 11.8 Å². The van der Waals surface area contributed by atoms with Gasteiger partial charge < -0.3 is 5.32 Å². The summed E-state index contributed by atoms with van der Waals surface area (Å²) in [5.41, 5.74) is 1.94. The molecule has 1 aromatic carbocycles. The van der Waals surface area contributed by atoms with Crippen LogP contribution in [-0.4, -0.2) is 32.1 Å². The fraction of sp³-hybridized carbons (Fsp3) is 0.333. The van der Waals surface area contributed by atoms with Crippen molar-refractivity contribution in [3.63, 3.8) is 0 Å². The number of nitrogens with one attached hydrogen (secondary N) is 1. The highest BCUT2D eigenvalue weighted by atomic mass is 32.2. The van der Waals surface area contributed by atoms with Gasteiger partial charge in [0, 0.05) is 23.9 Å². The molecule has 0 spiro atoms. The number of benzene rings is 1. The molecular weight excluding hydrogens is 254 g/mol. The van der Waals surface area contributed by atoms with E-state index in [-0.39, 0.29) is 5.91 Å². The third-order valence-corrected chi connectivity index (χ3v) is 3.50. The van der Waals surface area contributed by atoms with E-state index < -0.39 is 21.4 Å². The lowest BCUT2D eigenvalue weighted by Gasteiger charge is -2.17. The van der Waals surface area contributed by atoms with Crippen LogP contribution in [0.25, 0.3) is 0 Å². The molecule has 0 radical (unpaired) electrons. The lowest BCUT2D eigenvalue weighted by molar-refractivity contribution is -0.116. The minimum Gasteiger partial charge on any atom is -0.326 e. The van der Waals surface area contributed by atoms with E-state index in [2.05, 4.69) is 5.32 Å². The Bertz CT molecular complexity index is 619. The van der Waals surface area contributed by atoms with E-state index in [1.807, 2.05) is 0 Å². The van der Waals surface area contributed by atoms with Crippen LogP contribution < -0.4 is 5.32 Å². The van der Waals surface area contributed by atoms with Gasteiger partial charge in [-0.1, -0.05) is 0 Å². The Morgan fingerprint density at radius 3 is 2.72 bits per heavy atom. The Balaban J connectivity index is 2.27. The van der Waals surface area contributed by atoms with Gasteiger partial charge in [0.25, 0.3) is 0 Å². The first kappa shape index (κ1) is 12.8. The predicted molar refractivity (Wildman–Crippen MR) is 67.4 cm³/mol. The number of Topliss-reactive ketones (excluding diaryl/α,β-unsaturated/α-hetero) is 1. The van der Waals surface area contributed by atoms with Crippen molar-refractivity contribution in [1.82, 2.24) is 0 Å². The number of carbonyl (C=O) groups is 2. The Morgan fingerprint density at radius 2 is 2.06 bits per heavy atom. The Kier molecular flexibility index (Phi) is 3.21. The molecule has 0 aromatic heterocycles. The van der Waals surface area contributed by atoms with E-state index in [1.165, 1.54) is 6.07 Å². The molecule has 1 N–H and O–H groups in total. The lowest BCUT2D eigenvalue weighted by atomic mass is 9.99. The molecule has 0 saturated carbocycles. The summed E-state index contributed by atoms with van der Waals surface area (Å²) in [6.45, 7) is 0. The molecule has 1 amide bonds. The van der Waals surface area contributed by atoms with Gasteiger partial charge in [-0.3, -0.25) is 9.59 Å². The summed E-state index contributed by atoms with van der Waals surface area (Å²) < 4.78 is 22.1. The van der Waals surface area contributed by atoms with Crippen LogP contribution in [0.1, 0.15) is 22.3 Å². The number of ketones is 1. The molecule has 0 fully saturated rings. The second-order valence-corrected chi connectivity index (χ2v) is 6.55. The lowest BCUT2D eigenvalue weighted by Crippen LogP contribution is -2.20. The number of sulfone groups is 1. The molecule has 18 heavy (non-hydrogen) atoms. The van der Waals surface area contributed by atoms with Crippen LogP contribution in [0, 0.1) is 0 Å². The average Bonchev–Trinajstić information content (AvgIpc) is 2.26. The van der Waals surface area contributed by atoms with Crippen molar-refractivity contribution >= 4 is 27.2 Å². The van der Waals surface area contributed by atoms with Crippen LogP contribution in [0.3, 0.4) is 0 Å². The summed E-state index contributed by atoms with van der Waals surface area (Å²) in [5.74, 6) is -0.951. The molecule has 1 aliphatic rings. The molecule has 1 heterocycles. The first-order valence-electron chi connectivity index (χ1n) is 5.49. The summed E-state index contributed by atoms with van der Waals surface area (Å²) in [6, 6.07) is 4.84. The van der Waals surface area contributed by atoms with Gasteiger partial charge in [0.2, 0.25) is 5.91 Å². The number of anilines is 1. The van der Waals surface area contributed by atoms with Crippen molar-refractivity contribution in [3.8, 4) is 0 Å². The summed E-state index contributed by atoms with van der Waals surface area (Å²) in [6.07, 6.45) is 1.99. The second kappa shape index (κ2) is 4.53. The fourth-order valence-corrected chi connectivity index (χ4v) is 2.52. The Morgan fingerprint density at radius 1 is 1.33 bits per heavy atom. The fourth-order valence-electron chi connectivity index (χ4n) is 1.88. The van der Waals surface area contributed by atoms with Crippen LogP contribution >= 0.6 is 0 Å². The minimum atomic E-state index is -3.32. The van der Waals surface area contributed by atoms with Gasteiger partial charge in [-0.05, 0) is 30.2 Å². The molecule has 96 valence electrons. The van der Waals surface area contributed by atoms with E-state index in [9.17, 15) is 18.0 Å². The van der Waals surface area contributed by atoms with Gasteiger partial charge >= 0.3 is 0 Å². The highest BCUT2D eigenvalue weighted by molar-refractivity contribution is 7.91. The van der Waals surface area contributed by atoms with E-state index in [1.54, 1.807) is 12.1 Å². The van der Waals surface area contributed by atoms with Gasteiger partial charge in [-0.2, -0.15) is 0 Å². The maximum absolute atomic E-state index is 11.7. The second-order valence-electron chi connectivity index (χ2n) is 4.41. The van der Waals surface area contributed by atoms with Crippen molar-refractivity contribution < 1.29 is 18.0 Å². The maximum atomic E-state index is 11.7. The van der Waals surface area contributed by atoms with Gasteiger partial charge in [0.1, 0.15) is 5.75 Å². The molecule has 1 aliphatic heterocycles. The molecule has 0 atom stereocenters. The van der Waals surface area contributed by atoms with Crippen LogP contribution in [0.5, 0.6) is 0 Å². The normalized spacial score (nSPS) is 14.8. The molecule has 5 nitrogen and oxygen atoms in total. The molecular formula is C12H13NO4S. The van der Waals surface area contributed by atoms with Gasteiger partial charge in [0.05, 0.1) is 0 Å². The maximum Gasteiger partial charge on any atom is 0.224 e. The van der Waals surface area contributed by atoms with Crippen LogP contribution in [0.15, 0.2) is 18.2 Å². The van der Waals surface area contributed by atoms with E-state index in [0.29, 0.717) is 24.1 Å². The summed E-state index contributed by atoms with van der Waals surface area (Å²) in [5, 5.41) is 2.71. The molecule has 2 rings (SSSR count). The van der Waals surface area contributed by atoms with Crippen molar-refractivity contribution in [1.29, 1.82) is 0 Å². The number of rotatable bonds is 3. The third kappa shape index (κ3) is 2.95. The van der Waals surface area contributed by atoms with Crippen molar-refractivity contribution in [3.05, 3.63) is 29.3 Å². The number of amides is 1. The Hall–Kier alpha value is -1.69. The molecule has 0 unspecified atom stereocenters. The SMILES string of the molecule is CS(=O)(=O)CC(=O)c1ccc2c(c1)CCC(=O)N2. The molecule has 0 bridgehead atoms. The third-order valence-electron chi connectivity index (χ3n) is 2.72. The number of hydrogen-bond donors (Lipinski definition) is 1. The Labute approximate surface area is 105 Å². The average molecular weight is 267 g/mol. The minimum absolute atomic E-state index is 0.0438. The highest BCUT2D eigenvalue weighted by Gasteiger charge is 2.18. The van der Waals surface area contributed by atoms with E-state index >= 15 is 0 Å². The summed E-state index contributed by atoms with van der Waals surface area (Å²) in [4.78, 5) is 22.9. The largest absolute Gasteiger partial charge is 0.326 e. The quantitative estimate of drug-likeness (QED) is 0.821. The topological polar surface area (TPSA) is 80.3 Å². The smallest absolute Gasteiger partial charge is 0.224 e. The van der Waals surface area contributed by atoms with Gasteiger partial charge in [-0.25, -0.2) is 8.42 Å². The van der Waals surface area contributed by atoms with Crippen molar-refractivity contribution in [2.45, 2.75) is 12.8 Å². The monoisotopic (exact) mass is 267 g/mol.